The molecule has 0 amide bonds. The Balaban J connectivity index is 2.69. The van der Waals surface area contributed by atoms with Crippen molar-refractivity contribution in [2.75, 3.05) is 13.2 Å². The zero-order valence-electron chi connectivity index (χ0n) is 47.3. The maximum absolute atomic E-state index is 13.1. The zero-order valence-corrected chi connectivity index (χ0v) is 47.3. The Morgan fingerprint density at radius 3 is 1.32 bits per heavy atom. The summed E-state index contributed by atoms with van der Waals surface area (Å²) in [6.07, 6.45) is 51.5. The summed E-state index contributed by atoms with van der Waals surface area (Å²) in [5.41, 5.74) is 0. The molecule has 1 fully saturated rings. The molecule has 6 unspecified atom stereocenters. The second-order valence-corrected chi connectivity index (χ2v) is 20.3. The third-order valence-electron chi connectivity index (χ3n) is 13.3. The van der Waals surface area contributed by atoms with Crippen molar-refractivity contribution in [2.24, 2.45) is 0 Å². The quantitative estimate of drug-likeness (QED) is 0.0228. The number of aliphatic hydroxyl groups is 2. The molecule has 0 bridgehead atoms. The summed E-state index contributed by atoms with van der Waals surface area (Å²) in [6, 6.07) is 0. The molecule has 430 valence electrons. The highest BCUT2D eigenvalue weighted by atomic mass is 16.7. The van der Waals surface area contributed by atoms with Crippen molar-refractivity contribution in [3.63, 3.8) is 0 Å². The van der Waals surface area contributed by atoms with Gasteiger partial charge in [0.2, 0.25) is 0 Å². The smallest absolute Gasteiger partial charge is 0.335 e. The minimum atomic E-state index is -1.91. The maximum atomic E-state index is 13.1. The van der Waals surface area contributed by atoms with Gasteiger partial charge in [0.15, 0.2) is 24.6 Å². The molecule has 1 heterocycles. The first-order valence-corrected chi connectivity index (χ1v) is 29.9. The number of carbonyl (C=O) groups is 4. The molecule has 0 aromatic rings. The Morgan fingerprint density at radius 2 is 0.840 bits per heavy atom. The summed E-state index contributed by atoms with van der Waals surface area (Å²) < 4.78 is 28.4. The molecule has 1 aliphatic heterocycles. The van der Waals surface area contributed by atoms with E-state index >= 15 is 0 Å². The van der Waals surface area contributed by atoms with Crippen LogP contribution >= 0.6 is 0 Å². The van der Waals surface area contributed by atoms with E-state index in [0.717, 1.165) is 109 Å². The number of carboxylic acids is 1. The van der Waals surface area contributed by atoms with E-state index in [0.29, 0.717) is 19.3 Å². The monoisotopic (exact) mass is 1050 g/mol. The van der Waals surface area contributed by atoms with Gasteiger partial charge in [-0.2, -0.15) is 0 Å². The van der Waals surface area contributed by atoms with E-state index in [1.54, 1.807) is 0 Å². The van der Waals surface area contributed by atoms with E-state index in [-0.39, 0.29) is 25.9 Å². The maximum Gasteiger partial charge on any atom is 0.335 e. The molecule has 0 aromatic heterocycles. The summed E-state index contributed by atoms with van der Waals surface area (Å²) in [5, 5.41) is 31.5. The minimum Gasteiger partial charge on any atom is -0.479 e. The lowest BCUT2D eigenvalue weighted by Gasteiger charge is -2.40. The van der Waals surface area contributed by atoms with Crippen LogP contribution in [0.4, 0.5) is 0 Å². The van der Waals surface area contributed by atoms with Gasteiger partial charge in [-0.3, -0.25) is 14.4 Å². The second-order valence-electron chi connectivity index (χ2n) is 20.3. The van der Waals surface area contributed by atoms with Gasteiger partial charge in [0.05, 0.1) is 6.61 Å². The average Bonchev–Trinajstić information content (AvgIpc) is 3.39. The number of aliphatic hydroxyl groups excluding tert-OH is 2. The van der Waals surface area contributed by atoms with E-state index in [2.05, 4.69) is 93.7 Å². The van der Waals surface area contributed by atoms with E-state index in [1.807, 2.05) is 0 Å². The fourth-order valence-corrected chi connectivity index (χ4v) is 8.68. The molecule has 12 nitrogen and oxygen atoms in total. The number of ether oxygens (including phenoxy) is 5. The van der Waals surface area contributed by atoms with Gasteiger partial charge < -0.3 is 39.0 Å². The van der Waals surface area contributed by atoms with Crippen LogP contribution in [-0.2, 0) is 42.9 Å². The van der Waals surface area contributed by atoms with Crippen molar-refractivity contribution in [1.29, 1.82) is 0 Å². The van der Waals surface area contributed by atoms with Gasteiger partial charge in [-0.25, -0.2) is 4.79 Å². The van der Waals surface area contributed by atoms with E-state index in [9.17, 15) is 34.5 Å². The van der Waals surface area contributed by atoms with Crippen LogP contribution in [0.3, 0.4) is 0 Å². The number of carbonyl (C=O) groups excluding carboxylic acids is 3. The van der Waals surface area contributed by atoms with Gasteiger partial charge in [-0.15, -0.1) is 0 Å². The summed E-state index contributed by atoms with van der Waals surface area (Å²) in [6.45, 7) is 5.82. The largest absolute Gasteiger partial charge is 0.479 e. The Hall–Kier alpha value is -3.84. The SMILES string of the molecule is CC/C=C\C/C=C\C/C=C\CCCCCC(=O)OCC(COC1OC(C(=O)O)C(O)C(O)C1OC(=O)CCCCCCCC/C=C\C/C=C\C/C=C\CCCCC)OC(=O)CCCCCCCCCCCCCCC. The van der Waals surface area contributed by atoms with Crippen LogP contribution in [0, 0.1) is 0 Å². The first kappa shape index (κ1) is 69.2. The van der Waals surface area contributed by atoms with Crippen molar-refractivity contribution in [2.45, 2.75) is 289 Å². The van der Waals surface area contributed by atoms with Gasteiger partial charge >= 0.3 is 23.9 Å². The summed E-state index contributed by atoms with van der Waals surface area (Å²) >= 11 is 0. The molecule has 1 aliphatic rings. The summed E-state index contributed by atoms with van der Waals surface area (Å²) in [5.74, 6) is -3.17. The Morgan fingerprint density at radius 1 is 0.453 bits per heavy atom. The summed E-state index contributed by atoms with van der Waals surface area (Å²) in [4.78, 5) is 51.1. The fourth-order valence-electron chi connectivity index (χ4n) is 8.68. The highest BCUT2D eigenvalue weighted by molar-refractivity contribution is 5.74. The van der Waals surface area contributed by atoms with E-state index in [1.165, 1.54) is 83.5 Å². The van der Waals surface area contributed by atoms with Crippen molar-refractivity contribution < 1.29 is 58.2 Å². The van der Waals surface area contributed by atoms with Crippen LogP contribution in [0.1, 0.15) is 252 Å². The van der Waals surface area contributed by atoms with Crippen LogP contribution in [0.15, 0.2) is 72.9 Å². The van der Waals surface area contributed by atoms with Crippen molar-refractivity contribution in [3.05, 3.63) is 72.9 Å². The van der Waals surface area contributed by atoms with Crippen molar-refractivity contribution in [3.8, 4) is 0 Å². The number of carboxylic acid groups (broad SMARTS) is 1. The standard InChI is InChI=1S/C63H106O12/c1-4-7-10-13-16-19-22-25-26-27-28-29-30-33-36-39-42-45-48-51-57(66)74-61-59(68)58(67)60(62(69)70)75-63(61)72-53-54(73-56(65)50-47-44-41-38-35-32-24-21-18-15-12-9-6-3)52-71-55(64)49-46-43-40-37-34-31-23-20-17-14-11-8-5-2/h8,11,16-17,19-20,25-26,28-29,31,34,54,58-61,63,67-68H,4-7,9-10,12-15,18,21-24,27,30,32-33,35-53H2,1-3H3,(H,69,70)/b11-8-,19-16-,20-17-,26-25-,29-28-,34-31-. The lowest BCUT2D eigenvalue weighted by atomic mass is 9.98. The molecule has 75 heavy (non-hydrogen) atoms. The topological polar surface area (TPSA) is 175 Å². The highest BCUT2D eigenvalue weighted by Gasteiger charge is 2.50. The number of esters is 3. The van der Waals surface area contributed by atoms with Crippen LogP contribution in [-0.4, -0.2) is 89.2 Å². The molecule has 1 rings (SSSR count). The third kappa shape index (κ3) is 41.0. The van der Waals surface area contributed by atoms with E-state index in [4.69, 9.17) is 23.7 Å². The Kier molecular flexibility index (Phi) is 47.0. The molecular formula is C63H106O12. The minimum absolute atomic E-state index is 0.0421. The van der Waals surface area contributed by atoms with Crippen molar-refractivity contribution in [1.82, 2.24) is 0 Å². The normalized spacial score (nSPS) is 18.7. The average molecular weight is 1060 g/mol. The number of hydrogen-bond donors (Lipinski definition) is 3. The molecule has 6 atom stereocenters. The molecular weight excluding hydrogens is 949 g/mol. The van der Waals surface area contributed by atoms with Crippen molar-refractivity contribution >= 4 is 23.9 Å². The van der Waals surface area contributed by atoms with Crippen LogP contribution in [0.25, 0.3) is 0 Å². The van der Waals surface area contributed by atoms with Gasteiger partial charge in [0.1, 0.15) is 18.8 Å². The highest BCUT2D eigenvalue weighted by Crippen LogP contribution is 2.26. The van der Waals surface area contributed by atoms with Crippen LogP contribution in [0.5, 0.6) is 0 Å². The predicted octanol–water partition coefficient (Wildman–Crippen LogP) is 15.3. The number of allylic oxidation sites excluding steroid dienone is 12. The molecule has 12 heteroatoms. The second kappa shape index (κ2) is 50.9. The lowest BCUT2D eigenvalue weighted by Crippen LogP contribution is -2.61. The predicted molar refractivity (Wildman–Crippen MR) is 303 cm³/mol. The Labute approximate surface area is 455 Å². The molecule has 3 N–H and O–H groups in total. The van der Waals surface area contributed by atoms with Gasteiger partial charge in [-0.1, -0.05) is 216 Å². The fraction of sp³-hybridized carbons (Fsp3) is 0.746. The molecule has 0 radical (unpaired) electrons. The van der Waals surface area contributed by atoms with Gasteiger partial charge in [0, 0.05) is 19.3 Å². The summed E-state index contributed by atoms with van der Waals surface area (Å²) in [7, 11) is 0. The number of hydrogen-bond acceptors (Lipinski definition) is 11. The molecule has 0 aliphatic carbocycles. The first-order valence-electron chi connectivity index (χ1n) is 29.9. The molecule has 1 saturated heterocycles. The molecule has 0 spiro atoms. The first-order chi connectivity index (χ1) is 36.6. The molecule has 0 saturated carbocycles. The lowest BCUT2D eigenvalue weighted by molar-refractivity contribution is -0.301. The van der Waals surface area contributed by atoms with E-state index < -0.39 is 67.3 Å². The third-order valence-corrected chi connectivity index (χ3v) is 13.3. The number of unbranched alkanes of at least 4 members (excludes halogenated alkanes) is 24. The van der Waals surface area contributed by atoms with Gasteiger partial charge in [-0.05, 0) is 89.9 Å². The molecule has 0 aromatic carbocycles. The van der Waals surface area contributed by atoms with Gasteiger partial charge in [0.25, 0.3) is 0 Å². The van der Waals surface area contributed by atoms with Crippen LogP contribution in [0.2, 0.25) is 0 Å². The Bertz CT molecular complexity index is 1580. The zero-order chi connectivity index (χ0) is 54.7. The van der Waals surface area contributed by atoms with Crippen LogP contribution < -0.4 is 0 Å². The number of aliphatic carboxylic acids is 1. The number of rotatable bonds is 50.